The van der Waals surface area contributed by atoms with E-state index < -0.39 is 0 Å². The summed E-state index contributed by atoms with van der Waals surface area (Å²) in [7, 11) is 0. The molecule has 0 saturated heterocycles. The van der Waals surface area contributed by atoms with Crippen molar-refractivity contribution >= 4 is 6.21 Å². The summed E-state index contributed by atoms with van der Waals surface area (Å²) >= 11 is 0. The number of aliphatic imine (C=N–C) groups is 1. The van der Waals surface area contributed by atoms with Gasteiger partial charge in [0.1, 0.15) is 0 Å². The van der Waals surface area contributed by atoms with Crippen molar-refractivity contribution in [3.63, 3.8) is 0 Å². The van der Waals surface area contributed by atoms with Crippen molar-refractivity contribution in [1.82, 2.24) is 0 Å². The molecule has 1 nitrogen and oxygen atoms in total. The topological polar surface area (TPSA) is 12.4 Å². The largest absolute Gasteiger partial charge is 0.270 e. The first-order valence-electron chi connectivity index (χ1n) is 3.08. The summed E-state index contributed by atoms with van der Waals surface area (Å²) < 4.78 is 0. The van der Waals surface area contributed by atoms with Crippen molar-refractivity contribution in [2.45, 2.75) is 19.8 Å². The average Bonchev–Trinajstić information content (AvgIpc) is 2.51. The first-order valence-corrected chi connectivity index (χ1v) is 3.08. The normalized spacial score (nSPS) is 21.1. The van der Waals surface area contributed by atoms with Crippen LogP contribution in [0.1, 0.15) is 19.8 Å². The van der Waals surface area contributed by atoms with Gasteiger partial charge in [0, 0.05) is 12.4 Å². The van der Waals surface area contributed by atoms with Gasteiger partial charge < -0.3 is 0 Å². The van der Waals surface area contributed by atoms with Gasteiger partial charge in [-0.25, -0.2) is 0 Å². The second-order valence-corrected chi connectivity index (χ2v) is 2.09. The molecule has 1 aliphatic rings. The van der Waals surface area contributed by atoms with Crippen LogP contribution in [0.4, 0.5) is 0 Å². The fraction of sp³-hybridized carbons (Fsp3) is 0.571. The molecule has 0 aliphatic heterocycles. The van der Waals surface area contributed by atoms with E-state index in [-0.39, 0.29) is 0 Å². The third kappa shape index (κ3) is 1.92. The highest BCUT2D eigenvalue weighted by Crippen LogP contribution is 2.29. The van der Waals surface area contributed by atoms with Gasteiger partial charge in [-0.05, 0) is 25.7 Å². The Morgan fingerprint density at radius 2 is 2.25 bits per heavy atom. The van der Waals surface area contributed by atoms with E-state index in [1.54, 1.807) is 6.21 Å². The van der Waals surface area contributed by atoms with Gasteiger partial charge in [0.25, 0.3) is 0 Å². The van der Waals surface area contributed by atoms with E-state index in [9.17, 15) is 0 Å². The molecule has 1 saturated carbocycles. The van der Waals surface area contributed by atoms with Gasteiger partial charge in [-0.15, -0.1) is 0 Å². The van der Waals surface area contributed by atoms with Crippen molar-refractivity contribution in [1.29, 1.82) is 0 Å². The Balaban J connectivity index is 2.13. The molecule has 1 fully saturated rings. The van der Waals surface area contributed by atoms with Crippen molar-refractivity contribution < 1.29 is 0 Å². The number of allylic oxidation sites excluding steroid dienone is 1. The predicted molar refractivity (Wildman–Crippen MR) is 36.0 cm³/mol. The maximum Gasteiger partial charge on any atom is 0.0226 e. The van der Waals surface area contributed by atoms with E-state index in [0.717, 1.165) is 5.92 Å². The van der Waals surface area contributed by atoms with E-state index in [1.807, 2.05) is 13.1 Å². The van der Waals surface area contributed by atoms with Gasteiger partial charge in [0.05, 0.1) is 0 Å². The highest BCUT2D eigenvalue weighted by atomic mass is 14.7. The van der Waals surface area contributed by atoms with Gasteiger partial charge in [0.2, 0.25) is 0 Å². The number of nitrogens with zero attached hydrogens (tertiary/aromatic N) is 1. The van der Waals surface area contributed by atoms with Gasteiger partial charge >= 0.3 is 0 Å². The molecule has 0 N–H and O–H groups in total. The van der Waals surface area contributed by atoms with E-state index in [0.29, 0.717) is 0 Å². The fourth-order valence-corrected chi connectivity index (χ4v) is 0.546. The van der Waals surface area contributed by atoms with Crippen LogP contribution in [0.3, 0.4) is 0 Å². The monoisotopic (exact) mass is 109 g/mol. The predicted octanol–water partition coefficient (Wildman–Crippen LogP) is 2.00. The molecule has 44 valence electrons. The average molecular weight is 109 g/mol. The zero-order valence-corrected chi connectivity index (χ0v) is 5.17. The second-order valence-electron chi connectivity index (χ2n) is 2.09. The molecule has 8 heavy (non-hydrogen) atoms. The Bertz CT molecular complexity index is 110. The van der Waals surface area contributed by atoms with Crippen LogP contribution < -0.4 is 0 Å². The van der Waals surface area contributed by atoms with Gasteiger partial charge in [-0.1, -0.05) is 6.08 Å². The van der Waals surface area contributed by atoms with Crippen molar-refractivity contribution in [3.8, 4) is 0 Å². The second kappa shape index (κ2) is 2.65. The minimum absolute atomic E-state index is 0.860. The lowest BCUT2D eigenvalue weighted by atomic mass is 10.4. The molecule has 0 aromatic rings. The summed E-state index contributed by atoms with van der Waals surface area (Å²) in [5.41, 5.74) is 0. The Labute approximate surface area is 50.1 Å². The molecule has 0 heterocycles. The Morgan fingerprint density at radius 1 is 1.50 bits per heavy atom. The van der Waals surface area contributed by atoms with Crippen molar-refractivity contribution in [2.24, 2.45) is 10.9 Å². The van der Waals surface area contributed by atoms with Crippen molar-refractivity contribution in [3.05, 3.63) is 12.3 Å². The SMILES string of the molecule is CC=N/C=C/C1CC1. The van der Waals surface area contributed by atoms with Crippen molar-refractivity contribution in [2.75, 3.05) is 0 Å². The maximum absolute atomic E-state index is 3.95. The summed E-state index contributed by atoms with van der Waals surface area (Å²) in [5.74, 6) is 0.860. The van der Waals surface area contributed by atoms with Crippen LogP contribution in [0, 0.1) is 5.92 Å². The first kappa shape index (κ1) is 5.54. The lowest BCUT2D eigenvalue weighted by molar-refractivity contribution is 1.11. The Hall–Kier alpha value is -0.590. The number of hydrogen-bond donors (Lipinski definition) is 0. The highest BCUT2D eigenvalue weighted by molar-refractivity contribution is 5.54. The first-order chi connectivity index (χ1) is 3.93. The summed E-state index contributed by atoms with van der Waals surface area (Å²) in [6, 6.07) is 0. The Morgan fingerprint density at radius 3 is 2.75 bits per heavy atom. The zero-order chi connectivity index (χ0) is 5.82. The third-order valence-electron chi connectivity index (χ3n) is 1.22. The Kier molecular flexibility index (Phi) is 1.84. The molecule has 0 amide bonds. The van der Waals surface area contributed by atoms with Crippen LogP contribution in [-0.4, -0.2) is 6.21 Å². The molecular weight excluding hydrogens is 98.1 g/mol. The molecule has 0 bridgehead atoms. The highest BCUT2D eigenvalue weighted by Gasteiger charge is 2.16. The number of hydrogen-bond acceptors (Lipinski definition) is 1. The maximum atomic E-state index is 3.95. The summed E-state index contributed by atoms with van der Waals surface area (Å²) in [6.07, 6.45) is 8.60. The van der Waals surface area contributed by atoms with Crippen LogP contribution in [0.25, 0.3) is 0 Å². The molecule has 0 radical (unpaired) electrons. The minimum atomic E-state index is 0.860. The lowest BCUT2D eigenvalue weighted by Gasteiger charge is -1.73. The minimum Gasteiger partial charge on any atom is -0.270 e. The van der Waals surface area contributed by atoms with Gasteiger partial charge in [-0.3, -0.25) is 4.99 Å². The fourth-order valence-electron chi connectivity index (χ4n) is 0.546. The van der Waals surface area contributed by atoms with E-state index in [2.05, 4.69) is 11.1 Å². The molecule has 0 atom stereocenters. The smallest absolute Gasteiger partial charge is 0.0226 e. The summed E-state index contributed by atoms with van der Waals surface area (Å²) in [4.78, 5) is 3.95. The quantitative estimate of drug-likeness (QED) is 0.481. The molecule has 1 aliphatic carbocycles. The molecule has 0 aromatic carbocycles. The molecule has 0 aromatic heterocycles. The van der Waals surface area contributed by atoms with Crippen LogP contribution in [0.15, 0.2) is 17.3 Å². The van der Waals surface area contributed by atoms with E-state index in [1.165, 1.54) is 12.8 Å². The standard InChI is InChI=1S/C7H11N/c1-2-8-6-5-7-3-4-7/h2,5-7H,3-4H2,1H3/b6-5+,8-2?. The molecule has 0 spiro atoms. The van der Waals surface area contributed by atoms with Crippen LogP contribution in [0.5, 0.6) is 0 Å². The van der Waals surface area contributed by atoms with Crippen LogP contribution in [0.2, 0.25) is 0 Å². The van der Waals surface area contributed by atoms with Crippen LogP contribution in [-0.2, 0) is 0 Å². The van der Waals surface area contributed by atoms with Gasteiger partial charge in [0.15, 0.2) is 0 Å². The molecule has 1 rings (SSSR count). The summed E-state index contributed by atoms with van der Waals surface area (Å²) in [6.45, 7) is 1.93. The molecule has 0 unspecified atom stereocenters. The molecular formula is C7H11N. The molecule has 1 heteroatoms. The van der Waals surface area contributed by atoms with Crippen LogP contribution >= 0.6 is 0 Å². The van der Waals surface area contributed by atoms with E-state index in [4.69, 9.17) is 0 Å². The zero-order valence-electron chi connectivity index (χ0n) is 5.17. The lowest BCUT2D eigenvalue weighted by Crippen LogP contribution is -1.59. The van der Waals surface area contributed by atoms with Gasteiger partial charge in [-0.2, -0.15) is 0 Å². The van der Waals surface area contributed by atoms with E-state index >= 15 is 0 Å². The number of rotatable bonds is 2. The third-order valence-corrected chi connectivity index (χ3v) is 1.22. The summed E-state index contributed by atoms with van der Waals surface area (Å²) in [5, 5.41) is 0.